The van der Waals surface area contributed by atoms with Crippen LogP contribution in [0.3, 0.4) is 0 Å². The van der Waals surface area contributed by atoms with Gasteiger partial charge in [-0.3, -0.25) is 0 Å². The lowest BCUT2D eigenvalue weighted by Gasteiger charge is -2.01. The summed E-state index contributed by atoms with van der Waals surface area (Å²) in [7, 11) is 1.70. The van der Waals surface area contributed by atoms with Gasteiger partial charge in [-0.2, -0.15) is 0 Å². The fourth-order valence-corrected chi connectivity index (χ4v) is 2.10. The number of ether oxygens (including phenoxy) is 1. The number of hydrogen-bond acceptors (Lipinski definition) is 2. The maximum Gasteiger partial charge on any atom is 0.344 e. The van der Waals surface area contributed by atoms with E-state index in [1.165, 1.54) is 6.07 Å². The molecule has 2 nitrogen and oxygen atoms in total. The first kappa shape index (κ1) is 11.7. The van der Waals surface area contributed by atoms with Crippen LogP contribution in [0.2, 0.25) is 0 Å². The number of fused-ring (bicyclic) bond motifs is 1. The van der Waals surface area contributed by atoms with E-state index in [1.807, 2.05) is 12.1 Å². The van der Waals surface area contributed by atoms with E-state index in [4.69, 9.17) is 4.74 Å². The smallest absolute Gasteiger partial charge is 0.344 e. The van der Waals surface area contributed by atoms with Crippen molar-refractivity contribution >= 4 is 31.1 Å². The van der Waals surface area contributed by atoms with Crippen molar-refractivity contribution in [2.45, 2.75) is 0 Å². The molecule has 0 aromatic heterocycles. The summed E-state index contributed by atoms with van der Waals surface area (Å²) in [6.07, 6.45) is 1.75. The Kier molecular flexibility index (Phi) is 2.71. The summed E-state index contributed by atoms with van der Waals surface area (Å²) in [5.41, 5.74) is 2.70. The van der Waals surface area contributed by atoms with Gasteiger partial charge in [0.25, 0.3) is 0 Å². The van der Waals surface area contributed by atoms with Gasteiger partial charge in [0, 0.05) is 5.56 Å². The molecule has 1 heterocycles. The van der Waals surface area contributed by atoms with Gasteiger partial charge in [0.1, 0.15) is 19.4 Å². The molecule has 0 fully saturated rings. The van der Waals surface area contributed by atoms with Crippen LogP contribution < -0.4 is 5.46 Å². The number of cyclic esters (lactones) is 1. The zero-order chi connectivity index (χ0) is 13.4. The summed E-state index contributed by atoms with van der Waals surface area (Å²) in [5.74, 6) is -0.0849. The largest absolute Gasteiger partial charge is 0.422 e. The Morgan fingerprint density at radius 3 is 2.58 bits per heavy atom. The van der Waals surface area contributed by atoms with Gasteiger partial charge in [-0.25, -0.2) is 9.18 Å². The van der Waals surface area contributed by atoms with E-state index in [9.17, 15) is 9.18 Å². The highest BCUT2D eigenvalue weighted by Crippen LogP contribution is 2.30. The highest BCUT2D eigenvalue weighted by molar-refractivity contribution is 6.32. The van der Waals surface area contributed by atoms with Gasteiger partial charge in [0.05, 0.1) is 5.56 Å². The lowest BCUT2D eigenvalue weighted by molar-refractivity contribution is 0.0717. The first-order chi connectivity index (χ1) is 9.15. The Labute approximate surface area is 110 Å². The van der Waals surface area contributed by atoms with E-state index < -0.39 is 0 Å². The Morgan fingerprint density at radius 2 is 1.84 bits per heavy atom. The molecule has 0 saturated carbocycles. The molecule has 2 aromatic rings. The SMILES string of the molecule is Bc1cc(/C=C2\OC(=O)c3ccccc32)ccc1F. The van der Waals surface area contributed by atoms with Gasteiger partial charge in [-0.15, -0.1) is 0 Å². The number of carbonyl (C=O) groups is 1. The van der Waals surface area contributed by atoms with E-state index in [0.717, 1.165) is 11.1 Å². The van der Waals surface area contributed by atoms with Gasteiger partial charge in [0.15, 0.2) is 0 Å². The van der Waals surface area contributed by atoms with Crippen LogP contribution in [0.25, 0.3) is 11.8 Å². The average Bonchev–Trinajstić information content (AvgIpc) is 2.72. The summed E-state index contributed by atoms with van der Waals surface area (Å²) in [4.78, 5) is 11.7. The molecule has 1 aliphatic heterocycles. The molecule has 0 bridgehead atoms. The molecular weight excluding hydrogens is 242 g/mol. The maximum atomic E-state index is 13.2. The van der Waals surface area contributed by atoms with Crippen LogP contribution in [-0.4, -0.2) is 13.8 Å². The second kappa shape index (κ2) is 4.39. The molecule has 0 N–H and O–H groups in total. The molecule has 0 unspecified atom stereocenters. The molecule has 0 amide bonds. The fraction of sp³-hybridized carbons (Fsp3) is 0. The third-order valence-electron chi connectivity index (χ3n) is 3.09. The number of halogens is 1. The number of esters is 1. The Morgan fingerprint density at radius 1 is 1.11 bits per heavy atom. The molecule has 1 aliphatic rings. The minimum atomic E-state index is -0.347. The van der Waals surface area contributed by atoms with E-state index in [1.54, 1.807) is 38.2 Å². The summed E-state index contributed by atoms with van der Waals surface area (Å²) in [5, 5.41) is 0. The van der Waals surface area contributed by atoms with Crippen molar-refractivity contribution in [1.29, 1.82) is 0 Å². The second-order valence-corrected chi connectivity index (χ2v) is 4.45. The molecule has 0 aliphatic carbocycles. The molecular formula is C15H10BFO2. The summed E-state index contributed by atoms with van der Waals surface area (Å²) in [6.45, 7) is 0. The minimum Gasteiger partial charge on any atom is -0.422 e. The molecule has 19 heavy (non-hydrogen) atoms. The number of rotatable bonds is 1. The Bertz CT molecular complexity index is 707. The first-order valence-electron chi connectivity index (χ1n) is 5.94. The number of carbonyl (C=O) groups excluding carboxylic acids is 1. The summed E-state index contributed by atoms with van der Waals surface area (Å²) in [6, 6.07) is 12.0. The van der Waals surface area contributed by atoms with Crippen LogP contribution >= 0.6 is 0 Å². The van der Waals surface area contributed by atoms with Crippen LogP contribution in [0, 0.1) is 5.82 Å². The van der Waals surface area contributed by atoms with Crippen molar-refractivity contribution in [2.24, 2.45) is 0 Å². The van der Waals surface area contributed by atoms with E-state index in [2.05, 4.69) is 0 Å². The van der Waals surface area contributed by atoms with Crippen molar-refractivity contribution < 1.29 is 13.9 Å². The average molecular weight is 252 g/mol. The Hall–Kier alpha value is -2.36. The number of hydrogen-bond donors (Lipinski definition) is 0. The zero-order valence-corrected chi connectivity index (χ0v) is 10.3. The molecule has 3 rings (SSSR count). The molecule has 92 valence electrons. The minimum absolute atomic E-state index is 0.244. The molecule has 0 radical (unpaired) electrons. The molecule has 4 heteroatoms. The monoisotopic (exact) mass is 252 g/mol. The van der Waals surface area contributed by atoms with E-state index >= 15 is 0 Å². The molecule has 0 atom stereocenters. The van der Waals surface area contributed by atoms with Gasteiger partial charge < -0.3 is 4.74 Å². The fourth-order valence-electron chi connectivity index (χ4n) is 2.10. The summed E-state index contributed by atoms with van der Waals surface area (Å²) >= 11 is 0. The highest BCUT2D eigenvalue weighted by atomic mass is 19.1. The lowest BCUT2D eigenvalue weighted by atomic mass is 9.93. The topological polar surface area (TPSA) is 26.3 Å². The molecule has 2 aromatic carbocycles. The molecule has 0 saturated heterocycles. The summed E-state index contributed by atoms with van der Waals surface area (Å²) < 4.78 is 18.4. The van der Waals surface area contributed by atoms with Crippen molar-refractivity contribution in [3.05, 3.63) is 65.0 Å². The van der Waals surface area contributed by atoms with Crippen molar-refractivity contribution in [3.8, 4) is 0 Å². The van der Waals surface area contributed by atoms with Crippen LogP contribution in [-0.2, 0) is 4.74 Å². The standard InChI is InChI=1S/C15H10BFO2/c16-12-7-9(5-6-13(12)17)8-14-10-3-1-2-4-11(10)15(18)19-14/h1-8H,16H2/b14-8-. The van der Waals surface area contributed by atoms with Crippen molar-refractivity contribution in [2.75, 3.05) is 0 Å². The van der Waals surface area contributed by atoms with Gasteiger partial charge >= 0.3 is 5.97 Å². The van der Waals surface area contributed by atoms with E-state index in [0.29, 0.717) is 16.8 Å². The predicted octanol–water partition coefficient (Wildman–Crippen LogP) is 1.75. The quantitative estimate of drug-likeness (QED) is 0.571. The van der Waals surface area contributed by atoms with Crippen LogP contribution in [0.1, 0.15) is 21.5 Å². The first-order valence-corrected chi connectivity index (χ1v) is 5.94. The maximum absolute atomic E-state index is 13.2. The van der Waals surface area contributed by atoms with Crippen molar-refractivity contribution in [3.63, 3.8) is 0 Å². The van der Waals surface area contributed by atoms with Crippen molar-refractivity contribution in [1.82, 2.24) is 0 Å². The normalized spacial score (nSPS) is 15.4. The third-order valence-corrected chi connectivity index (χ3v) is 3.09. The van der Waals surface area contributed by atoms with Crippen LogP contribution in [0.15, 0.2) is 42.5 Å². The molecule has 0 spiro atoms. The number of benzene rings is 2. The third kappa shape index (κ3) is 2.06. The van der Waals surface area contributed by atoms with Crippen LogP contribution in [0.5, 0.6) is 0 Å². The van der Waals surface area contributed by atoms with Gasteiger partial charge in [-0.1, -0.05) is 35.8 Å². The zero-order valence-electron chi connectivity index (χ0n) is 10.3. The highest BCUT2D eigenvalue weighted by Gasteiger charge is 2.25. The van der Waals surface area contributed by atoms with Gasteiger partial charge in [0.2, 0.25) is 0 Å². The van der Waals surface area contributed by atoms with Crippen LogP contribution in [0.4, 0.5) is 4.39 Å². The van der Waals surface area contributed by atoms with Gasteiger partial charge in [-0.05, 0) is 23.8 Å². The lowest BCUT2D eigenvalue weighted by Crippen LogP contribution is -2.07. The Balaban J connectivity index is 2.06. The predicted molar refractivity (Wildman–Crippen MR) is 74.3 cm³/mol. The second-order valence-electron chi connectivity index (χ2n) is 4.45. The van der Waals surface area contributed by atoms with E-state index in [-0.39, 0.29) is 11.8 Å².